The van der Waals surface area contributed by atoms with E-state index < -0.39 is 18.6 Å². The van der Waals surface area contributed by atoms with Crippen molar-refractivity contribution in [1.29, 1.82) is 0 Å². The molecular weight excluding hydrogens is 377 g/mol. The van der Waals surface area contributed by atoms with E-state index >= 15 is 0 Å². The van der Waals surface area contributed by atoms with Crippen LogP contribution in [-0.4, -0.2) is 50.6 Å². The highest BCUT2D eigenvalue weighted by molar-refractivity contribution is 7.99. The van der Waals surface area contributed by atoms with Gasteiger partial charge in [0.15, 0.2) is 5.16 Å². The Kier molecular flexibility index (Phi) is 7.29. The van der Waals surface area contributed by atoms with Gasteiger partial charge in [-0.3, -0.25) is 9.36 Å². The fourth-order valence-corrected chi connectivity index (χ4v) is 3.28. The number of alkyl halides is 3. The van der Waals surface area contributed by atoms with Crippen LogP contribution in [0.3, 0.4) is 0 Å². The van der Waals surface area contributed by atoms with Gasteiger partial charge in [-0.1, -0.05) is 31.2 Å². The summed E-state index contributed by atoms with van der Waals surface area (Å²) in [6.45, 7) is 4.74. The van der Waals surface area contributed by atoms with Gasteiger partial charge < -0.3 is 4.90 Å². The number of hydrogen-bond donors (Lipinski definition) is 0. The molecular formula is C18H23F3N4OS. The minimum atomic E-state index is -4.41. The number of benzene rings is 1. The van der Waals surface area contributed by atoms with Crippen LogP contribution in [0.25, 0.3) is 5.69 Å². The third-order valence-electron chi connectivity index (χ3n) is 4.11. The summed E-state index contributed by atoms with van der Waals surface area (Å²) in [6, 6.07) is 5.86. The lowest BCUT2D eigenvalue weighted by Gasteiger charge is -2.23. The van der Waals surface area contributed by atoms with Crippen molar-refractivity contribution in [3.63, 3.8) is 0 Å². The third kappa shape index (κ3) is 6.27. The predicted molar refractivity (Wildman–Crippen MR) is 99.1 cm³/mol. The highest BCUT2D eigenvalue weighted by atomic mass is 32.2. The molecule has 27 heavy (non-hydrogen) atoms. The number of aromatic nitrogens is 3. The van der Waals surface area contributed by atoms with Crippen LogP contribution < -0.4 is 0 Å². The summed E-state index contributed by atoms with van der Waals surface area (Å²) in [6.07, 6.45) is -1.63. The van der Waals surface area contributed by atoms with E-state index in [4.69, 9.17) is 0 Å². The molecule has 0 saturated carbocycles. The molecule has 0 N–H and O–H groups in total. The largest absolute Gasteiger partial charge is 0.406 e. The Bertz CT molecular complexity index is 776. The van der Waals surface area contributed by atoms with Crippen molar-refractivity contribution in [1.82, 2.24) is 19.7 Å². The molecule has 1 aromatic carbocycles. The van der Waals surface area contributed by atoms with Crippen LogP contribution in [0.1, 0.15) is 30.9 Å². The van der Waals surface area contributed by atoms with Gasteiger partial charge in [0.1, 0.15) is 12.9 Å². The Morgan fingerprint density at radius 2 is 2.00 bits per heavy atom. The van der Waals surface area contributed by atoms with E-state index in [0.29, 0.717) is 11.6 Å². The van der Waals surface area contributed by atoms with Crippen molar-refractivity contribution in [2.45, 2.75) is 44.9 Å². The van der Waals surface area contributed by atoms with Gasteiger partial charge in [-0.05, 0) is 43.5 Å². The van der Waals surface area contributed by atoms with Gasteiger partial charge in [0, 0.05) is 12.2 Å². The number of carbonyl (C=O) groups excluding carboxylic acids is 1. The highest BCUT2D eigenvalue weighted by Crippen LogP contribution is 2.23. The first-order chi connectivity index (χ1) is 12.7. The number of rotatable bonds is 8. The molecule has 1 heterocycles. The maximum Gasteiger partial charge on any atom is 0.406 e. The molecule has 0 atom stereocenters. The molecule has 1 aromatic heterocycles. The fraction of sp³-hybridized carbons (Fsp3) is 0.500. The van der Waals surface area contributed by atoms with Gasteiger partial charge in [-0.15, -0.1) is 10.2 Å². The van der Waals surface area contributed by atoms with E-state index in [1.54, 1.807) is 4.57 Å². The highest BCUT2D eigenvalue weighted by Gasteiger charge is 2.32. The van der Waals surface area contributed by atoms with Gasteiger partial charge in [0.05, 0.1) is 5.75 Å². The monoisotopic (exact) mass is 400 g/mol. The zero-order valence-corrected chi connectivity index (χ0v) is 16.4. The number of unbranched alkanes of at least 4 members (excludes halogenated alkanes) is 1. The molecule has 0 radical (unpaired) electrons. The lowest BCUT2D eigenvalue weighted by atomic mass is 10.1. The number of aryl methyl sites for hydroxylation is 2. The second-order valence-electron chi connectivity index (χ2n) is 6.32. The van der Waals surface area contributed by atoms with Crippen LogP contribution in [0.4, 0.5) is 13.2 Å². The topological polar surface area (TPSA) is 51.0 Å². The lowest BCUT2D eigenvalue weighted by molar-refractivity contribution is -0.159. The fourth-order valence-electron chi connectivity index (χ4n) is 2.45. The van der Waals surface area contributed by atoms with E-state index in [-0.39, 0.29) is 12.3 Å². The van der Waals surface area contributed by atoms with Crippen molar-refractivity contribution >= 4 is 17.7 Å². The number of amides is 1. The summed E-state index contributed by atoms with van der Waals surface area (Å²) < 4.78 is 39.9. The molecule has 0 saturated heterocycles. The van der Waals surface area contributed by atoms with Gasteiger partial charge in [0.25, 0.3) is 0 Å². The Hall–Kier alpha value is -2.03. The predicted octanol–water partition coefficient (Wildman–Crippen LogP) is 4.17. The molecule has 0 bridgehead atoms. The van der Waals surface area contributed by atoms with Crippen molar-refractivity contribution in [3.05, 3.63) is 35.7 Å². The molecule has 0 fully saturated rings. The van der Waals surface area contributed by atoms with Crippen molar-refractivity contribution in [2.75, 3.05) is 18.8 Å². The summed E-state index contributed by atoms with van der Waals surface area (Å²) in [5.74, 6) is -0.677. The zero-order valence-electron chi connectivity index (χ0n) is 15.6. The number of carbonyl (C=O) groups is 1. The second kappa shape index (κ2) is 9.25. The molecule has 1 amide bonds. The van der Waals surface area contributed by atoms with Crippen LogP contribution in [0, 0.1) is 13.8 Å². The van der Waals surface area contributed by atoms with Crippen LogP contribution in [-0.2, 0) is 4.79 Å². The quantitative estimate of drug-likeness (QED) is 0.624. The Morgan fingerprint density at radius 1 is 1.26 bits per heavy atom. The molecule has 0 spiro atoms. The van der Waals surface area contributed by atoms with Crippen molar-refractivity contribution < 1.29 is 18.0 Å². The second-order valence-corrected chi connectivity index (χ2v) is 7.27. The first-order valence-electron chi connectivity index (χ1n) is 8.66. The molecule has 9 heteroatoms. The smallest absolute Gasteiger partial charge is 0.333 e. The maximum atomic E-state index is 12.7. The number of nitrogens with zero attached hydrogens (tertiary/aromatic N) is 4. The Labute approximate surface area is 161 Å². The average Bonchev–Trinajstić information content (AvgIpc) is 3.06. The normalized spacial score (nSPS) is 11.6. The van der Waals surface area contributed by atoms with Gasteiger partial charge in [-0.2, -0.15) is 13.2 Å². The SMILES string of the molecule is CCCCN(CC(F)(F)F)C(=O)CSc1nncn1-c1ccc(C)c(C)c1. The first-order valence-corrected chi connectivity index (χ1v) is 9.64. The molecule has 2 aromatic rings. The zero-order chi connectivity index (χ0) is 20.0. The Balaban J connectivity index is 2.08. The minimum absolute atomic E-state index is 0.0965. The summed E-state index contributed by atoms with van der Waals surface area (Å²) in [5.41, 5.74) is 3.09. The van der Waals surface area contributed by atoms with Crippen LogP contribution in [0.5, 0.6) is 0 Å². The maximum absolute atomic E-state index is 12.7. The van der Waals surface area contributed by atoms with E-state index in [2.05, 4.69) is 10.2 Å². The van der Waals surface area contributed by atoms with Crippen molar-refractivity contribution in [3.8, 4) is 5.69 Å². The molecule has 0 unspecified atom stereocenters. The molecule has 2 rings (SSSR count). The lowest BCUT2D eigenvalue weighted by Crippen LogP contribution is -2.40. The van der Waals surface area contributed by atoms with Crippen molar-refractivity contribution in [2.24, 2.45) is 0 Å². The summed E-state index contributed by atoms with van der Waals surface area (Å²) in [5, 5.41) is 8.33. The summed E-state index contributed by atoms with van der Waals surface area (Å²) in [4.78, 5) is 13.2. The molecule has 148 valence electrons. The van der Waals surface area contributed by atoms with Gasteiger partial charge in [-0.25, -0.2) is 0 Å². The molecule has 5 nitrogen and oxygen atoms in total. The molecule has 0 aliphatic rings. The summed E-state index contributed by atoms with van der Waals surface area (Å²) in [7, 11) is 0. The molecule has 0 aliphatic carbocycles. The van der Waals surface area contributed by atoms with E-state index in [1.165, 1.54) is 6.33 Å². The Morgan fingerprint density at radius 3 is 2.63 bits per heavy atom. The number of halogens is 3. The minimum Gasteiger partial charge on any atom is -0.333 e. The number of thioether (sulfide) groups is 1. The van der Waals surface area contributed by atoms with E-state index in [1.807, 2.05) is 39.0 Å². The standard InChI is InChI=1S/C18H23F3N4OS/c1-4-5-8-24(11-18(19,20)21)16(26)10-27-17-23-22-12-25(17)15-7-6-13(2)14(3)9-15/h6-7,9,12H,4-5,8,10-11H2,1-3H3. The molecule has 0 aliphatic heterocycles. The van der Waals surface area contributed by atoms with E-state index in [0.717, 1.165) is 39.9 Å². The van der Waals surface area contributed by atoms with Crippen LogP contribution >= 0.6 is 11.8 Å². The van der Waals surface area contributed by atoms with E-state index in [9.17, 15) is 18.0 Å². The third-order valence-corrected chi connectivity index (χ3v) is 5.04. The van der Waals surface area contributed by atoms with Crippen LogP contribution in [0.15, 0.2) is 29.7 Å². The van der Waals surface area contributed by atoms with Gasteiger partial charge in [0.2, 0.25) is 5.91 Å². The average molecular weight is 400 g/mol. The van der Waals surface area contributed by atoms with Crippen LogP contribution in [0.2, 0.25) is 0 Å². The summed E-state index contributed by atoms with van der Waals surface area (Å²) >= 11 is 1.09. The first kappa shape index (κ1) is 21.3. The van der Waals surface area contributed by atoms with Gasteiger partial charge >= 0.3 is 6.18 Å². The number of hydrogen-bond acceptors (Lipinski definition) is 4.